The van der Waals surface area contributed by atoms with Crippen molar-refractivity contribution in [3.05, 3.63) is 57.7 Å². The Morgan fingerprint density at radius 1 is 0.949 bits per heavy atom. The van der Waals surface area contributed by atoms with E-state index in [1.807, 2.05) is 34.2 Å². The summed E-state index contributed by atoms with van der Waals surface area (Å²) < 4.78 is 10.0. The molecule has 3 atom stereocenters. The Labute approximate surface area is 242 Å². The minimum Gasteiger partial charge on any atom is -0.371 e. The number of para-hydroxylation sites is 1. The van der Waals surface area contributed by atoms with Crippen LogP contribution in [-0.2, 0) is 11.3 Å². The monoisotopic (exact) mass is 579 g/mol. The van der Waals surface area contributed by atoms with Crippen molar-refractivity contribution in [3.63, 3.8) is 0 Å². The van der Waals surface area contributed by atoms with Crippen molar-refractivity contribution in [3.8, 4) is 11.3 Å². The lowest BCUT2D eigenvalue weighted by molar-refractivity contribution is 0.00958. The summed E-state index contributed by atoms with van der Waals surface area (Å²) in [4.78, 5) is 7.78. The van der Waals surface area contributed by atoms with Gasteiger partial charge in [0.05, 0.1) is 44.7 Å². The van der Waals surface area contributed by atoms with Crippen LogP contribution >= 0.6 is 34.5 Å². The van der Waals surface area contributed by atoms with E-state index < -0.39 is 0 Å². The van der Waals surface area contributed by atoms with Crippen LogP contribution < -0.4 is 4.90 Å². The van der Waals surface area contributed by atoms with Crippen molar-refractivity contribution in [2.75, 3.05) is 11.4 Å². The second kappa shape index (κ2) is 9.72. The lowest BCUT2D eigenvalue weighted by Crippen LogP contribution is -2.38. The number of halogens is 2. The van der Waals surface area contributed by atoms with Crippen molar-refractivity contribution in [2.45, 2.75) is 82.1 Å². The lowest BCUT2D eigenvalue weighted by atomic mass is 9.97. The molecule has 2 aromatic heterocycles. The van der Waals surface area contributed by atoms with E-state index >= 15 is 0 Å². The second-order valence-corrected chi connectivity index (χ2v) is 13.5. The third-order valence-electron chi connectivity index (χ3n) is 9.27. The molecule has 0 spiro atoms. The Morgan fingerprint density at radius 3 is 2.49 bits per heavy atom. The van der Waals surface area contributed by atoms with Gasteiger partial charge in [0, 0.05) is 24.1 Å². The Hall–Kier alpha value is -2.19. The average molecular weight is 581 g/mol. The summed E-state index contributed by atoms with van der Waals surface area (Å²) in [5.74, 6) is 1.19. The molecule has 3 aliphatic carbocycles. The van der Waals surface area contributed by atoms with Gasteiger partial charge in [-0.1, -0.05) is 70.8 Å². The molecule has 8 rings (SSSR count). The largest absolute Gasteiger partial charge is 0.371 e. The quantitative estimate of drug-likeness (QED) is 0.222. The van der Waals surface area contributed by atoms with Crippen molar-refractivity contribution in [1.29, 1.82) is 0 Å². The van der Waals surface area contributed by atoms with Crippen LogP contribution in [0.2, 0.25) is 10.0 Å². The molecule has 0 unspecified atom stereocenters. The Kier molecular flexibility index (Phi) is 6.13. The van der Waals surface area contributed by atoms with Crippen LogP contribution in [0.15, 0.2) is 36.4 Å². The maximum atomic E-state index is 6.64. The molecule has 39 heavy (non-hydrogen) atoms. The summed E-state index contributed by atoms with van der Waals surface area (Å²) in [6, 6.07) is 13.2. The lowest BCUT2D eigenvalue weighted by Gasteiger charge is -2.31. The highest BCUT2D eigenvalue weighted by molar-refractivity contribution is 7.22. The number of hydrogen-bond donors (Lipinski definition) is 0. The van der Waals surface area contributed by atoms with Gasteiger partial charge in [0.25, 0.3) is 0 Å². The van der Waals surface area contributed by atoms with E-state index in [0.29, 0.717) is 40.6 Å². The molecule has 1 aliphatic heterocycles. The molecule has 3 saturated carbocycles. The van der Waals surface area contributed by atoms with Crippen molar-refractivity contribution >= 4 is 49.9 Å². The number of thiazole rings is 1. The number of nitrogens with zero attached hydrogens (tertiary/aromatic N) is 5. The van der Waals surface area contributed by atoms with Crippen LogP contribution in [0.25, 0.3) is 21.5 Å². The van der Waals surface area contributed by atoms with E-state index in [1.54, 1.807) is 0 Å². The smallest absolute Gasteiger partial charge is 0.186 e. The number of ether oxygens (including phenoxy) is 1. The molecule has 1 saturated heterocycles. The van der Waals surface area contributed by atoms with E-state index in [0.717, 1.165) is 42.8 Å². The van der Waals surface area contributed by atoms with Gasteiger partial charge < -0.3 is 9.64 Å². The van der Waals surface area contributed by atoms with Crippen molar-refractivity contribution in [2.24, 2.45) is 5.92 Å². The predicted octanol–water partition coefficient (Wildman–Crippen LogP) is 8.04. The summed E-state index contributed by atoms with van der Waals surface area (Å²) >= 11 is 15.0. The minimum absolute atomic E-state index is 0.229. The molecule has 0 radical (unpaired) electrons. The van der Waals surface area contributed by atoms with E-state index in [2.05, 4.69) is 33.4 Å². The first-order chi connectivity index (χ1) is 19.1. The van der Waals surface area contributed by atoms with Crippen molar-refractivity contribution < 1.29 is 4.74 Å². The van der Waals surface area contributed by atoms with Gasteiger partial charge in [-0.25, -0.2) is 9.67 Å². The third kappa shape index (κ3) is 4.28. The van der Waals surface area contributed by atoms with Crippen molar-refractivity contribution in [1.82, 2.24) is 20.0 Å². The number of anilines is 1. The second-order valence-electron chi connectivity index (χ2n) is 11.7. The van der Waals surface area contributed by atoms with Gasteiger partial charge in [0.15, 0.2) is 5.13 Å². The molecule has 4 aromatic rings. The molecule has 202 valence electrons. The zero-order valence-electron chi connectivity index (χ0n) is 21.7. The van der Waals surface area contributed by atoms with Crippen LogP contribution in [0.4, 0.5) is 5.13 Å². The summed E-state index contributed by atoms with van der Waals surface area (Å²) in [5.41, 5.74) is 5.19. The number of benzene rings is 2. The number of aromatic nitrogens is 4. The molecule has 4 aliphatic rings. The summed E-state index contributed by atoms with van der Waals surface area (Å²) in [5, 5.41) is 11.4. The fourth-order valence-corrected chi connectivity index (χ4v) is 8.81. The van der Waals surface area contributed by atoms with Gasteiger partial charge in [-0.15, -0.1) is 5.10 Å². The van der Waals surface area contributed by atoms with Crippen LogP contribution in [0.1, 0.15) is 74.6 Å². The minimum atomic E-state index is 0.229. The predicted molar refractivity (Wildman–Crippen MR) is 157 cm³/mol. The Morgan fingerprint density at radius 2 is 1.74 bits per heavy atom. The summed E-state index contributed by atoms with van der Waals surface area (Å²) in [6.45, 7) is 1.48. The SMILES string of the molecule is Clc1cccc(Cl)c1-c1nnn(C2CC2)c1CO[C@@H]1C[C@@H]2C[C@H]1CN2c1nc2c(C3CCCC3)cccc2s1. The molecule has 6 nitrogen and oxygen atoms in total. The van der Waals surface area contributed by atoms with Gasteiger partial charge in [-0.05, 0) is 68.2 Å². The first-order valence-corrected chi connectivity index (χ1v) is 15.9. The number of fused-ring (bicyclic) bond motifs is 3. The first-order valence-electron chi connectivity index (χ1n) is 14.3. The first kappa shape index (κ1) is 24.6. The molecule has 2 aromatic carbocycles. The summed E-state index contributed by atoms with van der Waals surface area (Å²) in [6.07, 6.45) is 9.98. The van der Waals surface area contributed by atoms with Crippen LogP contribution in [0.5, 0.6) is 0 Å². The van der Waals surface area contributed by atoms with E-state index in [1.165, 1.54) is 53.0 Å². The number of hydrogen-bond acceptors (Lipinski definition) is 6. The molecular formula is C30H31Cl2N5OS. The van der Waals surface area contributed by atoms with Gasteiger partial charge in [0.2, 0.25) is 0 Å². The zero-order valence-corrected chi connectivity index (χ0v) is 24.1. The van der Waals surface area contributed by atoms with Gasteiger partial charge in [0.1, 0.15) is 5.69 Å². The van der Waals surface area contributed by atoms with E-state index in [-0.39, 0.29) is 6.10 Å². The van der Waals surface area contributed by atoms with Crippen LogP contribution in [-0.4, -0.2) is 38.7 Å². The average Bonchev–Trinajstić information content (AvgIpc) is 3.45. The highest BCUT2D eigenvalue weighted by Crippen LogP contribution is 2.47. The Bertz CT molecular complexity index is 1520. The molecule has 2 bridgehead atoms. The standard InChI is InChI=1S/C30H31Cl2N5OS/c31-22-8-4-9-23(32)27(22)29-24(37(35-34-29)19-11-12-19)16-38-25-14-20-13-18(25)15-36(20)30-33-28-21(17-5-1-2-6-17)7-3-10-26(28)39-30/h3-4,7-10,17-20,25H,1-2,5-6,11-16H2/t18-,20-,25+/m0/s1. The number of piperidine rings is 1. The molecule has 3 heterocycles. The maximum Gasteiger partial charge on any atom is 0.186 e. The molecular weight excluding hydrogens is 549 g/mol. The highest BCUT2D eigenvalue weighted by atomic mass is 35.5. The van der Waals surface area contributed by atoms with E-state index in [4.69, 9.17) is 32.9 Å². The van der Waals surface area contributed by atoms with Gasteiger partial charge in [-0.2, -0.15) is 0 Å². The Balaban J connectivity index is 1.00. The zero-order chi connectivity index (χ0) is 26.1. The summed E-state index contributed by atoms with van der Waals surface area (Å²) in [7, 11) is 0. The molecule has 0 amide bonds. The maximum absolute atomic E-state index is 6.64. The van der Waals surface area contributed by atoms with Crippen LogP contribution in [0, 0.1) is 5.92 Å². The van der Waals surface area contributed by atoms with E-state index in [9.17, 15) is 0 Å². The third-order valence-corrected chi connectivity index (χ3v) is 11.0. The topological polar surface area (TPSA) is 56.1 Å². The molecule has 9 heteroatoms. The fraction of sp³-hybridized carbons (Fsp3) is 0.500. The van der Waals surface area contributed by atoms with Gasteiger partial charge in [-0.3, -0.25) is 0 Å². The van der Waals surface area contributed by atoms with Gasteiger partial charge >= 0.3 is 0 Å². The normalized spacial score (nSPS) is 25.0. The van der Waals surface area contributed by atoms with Crippen LogP contribution in [0.3, 0.4) is 0 Å². The number of rotatable bonds is 7. The molecule has 4 fully saturated rings. The molecule has 0 N–H and O–H groups in total. The highest BCUT2D eigenvalue weighted by Gasteiger charge is 2.46. The fourth-order valence-electron chi connectivity index (χ4n) is 7.16.